The highest BCUT2D eigenvalue weighted by molar-refractivity contribution is 5.14. The Morgan fingerprint density at radius 1 is 1.25 bits per heavy atom. The molecule has 0 atom stereocenters. The second-order valence-corrected chi connectivity index (χ2v) is 6.46. The summed E-state index contributed by atoms with van der Waals surface area (Å²) < 4.78 is 17.4. The van der Waals surface area contributed by atoms with Gasteiger partial charge in [-0.3, -0.25) is 0 Å². The average Bonchev–Trinajstić information content (AvgIpc) is 3.14. The largest absolute Gasteiger partial charge is 0.371 e. The van der Waals surface area contributed by atoms with Gasteiger partial charge in [-0.25, -0.2) is 0 Å². The number of terminal acetylenes is 1. The van der Waals surface area contributed by atoms with Gasteiger partial charge in [0, 0.05) is 18.4 Å². The highest BCUT2D eigenvalue weighted by atomic mass is 16.7. The fourth-order valence-corrected chi connectivity index (χ4v) is 2.54. The SMILES string of the molecule is C#CCC1(C/C=C/C2(OCC)CC2)COC(C)(C)OC1. The van der Waals surface area contributed by atoms with Crippen molar-refractivity contribution in [3.8, 4) is 12.3 Å². The Balaban J connectivity index is 1.93. The quantitative estimate of drug-likeness (QED) is 0.551. The van der Waals surface area contributed by atoms with Crippen LogP contribution in [0.1, 0.15) is 46.5 Å². The molecule has 0 aromatic rings. The number of hydrogen-bond acceptors (Lipinski definition) is 3. The van der Waals surface area contributed by atoms with Crippen LogP contribution in [-0.4, -0.2) is 31.2 Å². The van der Waals surface area contributed by atoms with Gasteiger partial charge in [-0.05, 0) is 40.0 Å². The molecule has 2 aliphatic rings. The lowest BCUT2D eigenvalue weighted by molar-refractivity contribution is -0.284. The summed E-state index contributed by atoms with van der Waals surface area (Å²) in [6, 6.07) is 0. The highest BCUT2D eigenvalue weighted by Gasteiger charge is 2.42. The molecule has 0 spiro atoms. The van der Waals surface area contributed by atoms with E-state index in [0.717, 1.165) is 25.9 Å². The van der Waals surface area contributed by atoms with E-state index >= 15 is 0 Å². The minimum absolute atomic E-state index is 0.00172. The van der Waals surface area contributed by atoms with Crippen LogP contribution in [0.25, 0.3) is 0 Å². The van der Waals surface area contributed by atoms with Crippen LogP contribution in [0.5, 0.6) is 0 Å². The maximum absolute atomic E-state index is 5.80. The fourth-order valence-electron chi connectivity index (χ4n) is 2.54. The minimum Gasteiger partial charge on any atom is -0.371 e. The minimum atomic E-state index is -0.495. The van der Waals surface area contributed by atoms with E-state index in [-0.39, 0.29) is 11.0 Å². The zero-order valence-electron chi connectivity index (χ0n) is 12.9. The van der Waals surface area contributed by atoms with E-state index in [1.165, 1.54) is 0 Å². The maximum Gasteiger partial charge on any atom is 0.162 e. The Labute approximate surface area is 122 Å². The highest BCUT2D eigenvalue weighted by Crippen LogP contribution is 2.42. The monoisotopic (exact) mass is 278 g/mol. The van der Waals surface area contributed by atoms with E-state index in [1.54, 1.807) is 0 Å². The van der Waals surface area contributed by atoms with Crippen LogP contribution < -0.4 is 0 Å². The lowest BCUT2D eigenvalue weighted by atomic mass is 9.82. The summed E-state index contributed by atoms with van der Waals surface area (Å²) in [6.07, 6.45) is 13.7. The summed E-state index contributed by atoms with van der Waals surface area (Å²) in [5.74, 6) is 2.27. The number of hydrogen-bond donors (Lipinski definition) is 0. The Kier molecular flexibility index (Phi) is 4.59. The summed E-state index contributed by atoms with van der Waals surface area (Å²) in [6.45, 7) is 7.99. The molecule has 2 rings (SSSR count). The molecule has 112 valence electrons. The standard InChI is InChI=1S/C17H26O3/c1-5-8-16(13-19-15(3,4)20-14-16)9-7-10-17(11-12-17)18-6-2/h1,7,10H,6,8-9,11-14H2,2-4H3/b10-7+. The van der Waals surface area contributed by atoms with Gasteiger partial charge in [0.1, 0.15) is 0 Å². The van der Waals surface area contributed by atoms with Gasteiger partial charge in [-0.2, -0.15) is 0 Å². The predicted octanol–water partition coefficient (Wildman–Crippen LogP) is 3.29. The molecule has 0 N–H and O–H groups in total. The van der Waals surface area contributed by atoms with Gasteiger partial charge < -0.3 is 14.2 Å². The first-order valence-electron chi connectivity index (χ1n) is 7.48. The topological polar surface area (TPSA) is 27.7 Å². The third-order valence-electron chi connectivity index (χ3n) is 4.08. The van der Waals surface area contributed by atoms with E-state index in [9.17, 15) is 0 Å². The van der Waals surface area contributed by atoms with E-state index < -0.39 is 5.79 Å². The van der Waals surface area contributed by atoms with Gasteiger partial charge in [0.05, 0.1) is 18.8 Å². The second kappa shape index (κ2) is 5.89. The van der Waals surface area contributed by atoms with Crippen LogP contribution >= 0.6 is 0 Å². The first-order valence-corrected chi connectivity index (χ1v) is 7.48. The van der Waals surface area contributed by atoms with Crippen LogP contribution in [0.2, 0.25) is 0 Å². The van der Waals surface area contributed by atoms with Gasteiger partial charge in [0.15, 0.2) is 5.79 Å². The Morgan fingerprint density at radius 3 is 2.40 bits per heavy atom. The lowest BCUT2D eigenvalue weighted by Gasteiger charge is -2.42. The molecule has 1 aliphatic heterocycles. The van der Waals surface area contributed by atoms with Crippen molar-refractivity contribution in [2.75, 3.05) is 19.8 Å². The van der Waals surface area contributed by atoms with Crippen molar-refractivity contribution < 1.29 is 14.2 Å². The van der Waals surface area contributed by atoms with Gasteiger partial charge in [-0.15, -0.1) is 12.3 Å². The number of rotatable bonds is 6. The van der Waals surface area contributed by atoms with Crippen molar-refractivity contribution in [3.05, 3.63) is 12.2 Å². The van der Waals surface area contributed by atoms with E-state index in [1.807, 2.05) is 20.8 Å². The van der Waals surface area contributed by atoms with Crippen molar-refractivity contribution in [2.24, 2.45) is 5.41 Å². The Hall–Kier alpha value is -0.820. The molecule has 0 bridgehead atoms. The van der Waals surface area contributed by atoms with E-state index in [2.05, 4.69) is 18.1 Å². The van der Waals surface area contributed by atoms with Crippen LogP contribution in [0.15, 0.2) is 12.2 Å². The molecule has 2 fully saturated rings. The summed E-state index contributed by atoms with van der Waals surface area (Å²) in [5.41, 5.74) is -0.0925. The van der Waals surface area contributed by atoms with Crippen LogP contribution in [0.4, 0.5) is 0 Å². The first kappa shape index (κ1) is 15.6. The van der Waals surface area contributed by atoms with E-state index in [0.29, 0.717) is 19.6 Å². The lowest BCUT2D eigenvalue weighted by Crippen LogP contribution is -2.46. The second-order valence-electron chi connectivity index (χ2n) is 6.46. The normalized spacial score (nSPS) is 26.3. The Morgan fingerprint density at radius 2 is 1.90 bits per heavy atom. The summed E-state index contributed by atoms with van der Waals surface area (Å²) in [7, 11) is 0. The molecular weight excluding hydrogens is 252 g/mol. The van der Waals surface area contributed by atoms with Crippen LogP contribution in [0, 0.1) is 17.8 Å². The number of ether oxygens (including phenoxy) is 3. The molecule has 0 aromatic heterocycles. The van der Waals surface area contributed by atoms with Gasteiger partial charge >= 0.3 is 0 Å². The molecule has 0 unspecified atom stereocenters. The molecule has 1 aliphatic carbocycles. The summed E-state index contributed by atoms with van der Waals surface area (Å²) in [5, 5.41) is 0. The zero-order valence-corrected chi connectivity index (χ0v) is 12.9. The summed E-state index contributed by atoms with van der Waals surface area (Å²) in [4.78, 5) is 0. The zero-order chi connectivity index (χ0) is 14.7. The van der Waals surface area contributed by atoms with Crippen molar-refractivity contribution in [2.45, 2.75) is 57.8 Å². The molecule has 1 saturated carbocycles. The molecule has 3 nitrogen and oxygen atoms in total. The van der Waals surface area contributed by atoms with Crippen molar-refractivity contribution in [1.82, 2.24) is 0 Å². The maximum atomic E-state index is 5.80. The third-order valence-corrected chi connectivity index (χ3v) is 4.08. The molecular formula is C17H26O3. The van der Waals surface area contributed by atoms with Crippen molar-refractivity contribution in [1.29, 1.82) is 0 Å². The fraction of sp³-hybridized carbons (Fsp3) is 0.765. The molecule has 0 amide bonds. The first-order chi connectivity index (χ1) is 9.45. The third kappa shape index (κ3) is 3.85. The van der Waals surface area contributed by atoms with Crippen LogP contribution in [-0.2, 0) is 14.2 Å². The van der Waals surface area contributed by atoms with E-state index in [4.69, 9.17) is 20.6 Å². The molecule has 3 heteroatoms. The molecule has 1 heterocycles. The summed E-state index contributed by atoms with van der Waals surface area (Å²) >= 11 is 0. The van der Waals surface area contributed by atoms with Gasteiger partial charge in [0.2, 0.25) is 0 Å². The smallest absolute Gasteiger partial charge is 0.162 e. The molecule has 0 radical (unpaired) electrons. The molecule has 0 aromatic carbocycles. The average molecular weight is 278 g/mol. The molecule has 1 saturated heterocycles. The van der Waals surface area contributed by atoms with Crippen LogP contribution in [0.3, 0.4) is 0 Å². The van der Waals surface area contributed by atoms with Crippen molar-refractivity contribution in [3.63, 3.8) is 0 Å². The predicted molar refractivity (Wildman–Crippen MR) is 79.2 cm³/mol. The van der Waals surface area contributed by atoms with Gasteiger partial charge in [-0.1, -0.05) is 12.2 Å². The number of allylic oxidation sites excluding steroid dienone is 1. The Bertz CT molecular complexity index is 389. The van der Waals surface area contributed by atoms with Gasteiger partial charge in [0.25, 0.3) is 0 Å². The van der Waals surface area contributed by atoms with Crippen molar-refractivity contribution >= 4 is 0 Å². The molecule has 20 heavy (non-hydrogen) atoms.